The third kappa shape index (κ3) is 2.22. The Morgan fingerprint density at radius 3 is 2.65 bits per heavy atom. The first-order valence-corrected chi connectivity index (χ1v) is 8.29. The highest BCUT2D eigenvalue weighted by molar-refractivity contribution is 8.01. The first-order valence-electron chi connectivity index (χ1n) is 7.31. The van der Waals surface area contributed by atoms with E-state index < -0.39 is 0 Å². The van der Waals surface area contributed by atoms with E-state index in [2.05, 4.69) is 6.92 Å². The van der Waals surface area contributed by atoms with Crippen molar-refractivity contribution in [2.24, 2.45) is 0 Å². The Morgan fingerprint density at radius 1 is 1.35 bits per heavy atom. The molecule has 3 rings (SSSR count). The van der Waals surface area contributed by atoms with Gasteiger partial charge in [0.1, 0.15) is 6.04 Å². The molecule has 112 valence electrons. The van der Waals surface area contributed by atoms with Gasteiger partial charge in [-0.1, -0.05) is 0 Å². The van der Waals surface area contributed by atoms with Gasteiger partial charge >= 0.3 is 0 Å². The number of carbonyl (C=O) groups is 2. The first-order chi connectivity index (χ1) is 9.40. The molecule has 2 amide bonds. The zero-order valence-corrected chi connectivity index (χ0v) is 13.1. The number of thioether (sulfide) groups is 1. The molecule has 6 heteroatoms. The molecule has 0 aromatic rings. The molecular formula is C14H22N2O3S. The fraction of sp³-hybridized carbons (Fsp3) is 0.857. The maximum atomic E-state index is 12.8. The van der Waals surface area contributed by atoms with E-state index in [1.54, 1.807) is 11.8 Å². The number of rotatable bonds is 1. The molecule has 3 saturated heterocycles. The highest BCUT2D eigenvalue weighted by Gasteiger charge is 2.53. The Balaban J connectivity index is 1.76. The van der Waals surface area contributed by atoms with Gasteiger partial charge in [0.05, 0.1) is 17.1 Å². The van der Waals surface area contributed by atoms with Gasteiger partial charge in [-0.05, 0) is 27.2 Å². The van der Waals surface area contributed by atoms with Crippen LogP contribution in [0.3, 0.4) is 0 Å². The summed E-state index contributed by atoms with van der Waals surface area (Å²) in [7, 11) is 0. The van der Waals surface area contributed by atoms with E-state index in [0.29, 0.717) is 19.5 Å². The molecule has 0 N–H and O–H groups in total. The van der Waals surface area contributed by atoms with E-state index in [0.717, 1.165) is 12.2 Å². The summed E-state index contributed by atoms with van der Waals surface area (Å²) in [6.45, 7) is 7.32. The van der Waals surface area contributed by atoms with Crippen LogP contribution in [-0.2, 0) is 14.3 Å². The van der Waals surface area contributed by atoms with Crippen molar-refractivity contribution in [1.29, 1.82) is 0 Å². The fourth-order valence-electron chi connectivity index (χ4n) is 3.57. The van der Waals surface area contributed by atoms with E-state index in [4.69, 9.17) is 4.74 Å². The summed E-state index contributed by atoms with van der Waals surface area (Å²) in [6, 6.07) is -0.280. The zero-order valence-electron chi connectivity index (χ0n) is 12.3. The lowest BCUT2D eigenvalue weighted by Gasteiger charge is -2.38. The van der Waals surface area contributed by atoms with Gasteiger partial charge in [0, 0.05) is 25.3 Å². The largest absolute Gasteiger partial charge is 0.372 e. The van der Waals surface area contributed by atoms with E-state index in [-0.39, 0.29) is 34.9 Å². The lowest BCUT2D eigenvalue weighted by molar-refractivity contribution is -0.152. The molecule has 0 aromatic carbocycles. The second-order valence-corrected chi connectivity index (χ2v) is 7.77. The van der Waals surface area contributed by atoms with Crippen molar-refractivity contribution in [3.05, 3.63) is 0 Å². The Labute approximate surface area is 124 Å². The second kappa shape index (κ2) is 4.91. The van der Waals surface area contributed by atoms with Crippen LogP contribution in [0.5, 0.6) is 0 Å². The van der Waals surface area contributed by atoms with Crippen molar-refractivity contribution in [3.63, 3.8) is 0 Å². The van der Waals surface area contributed by atoms with Gasteiger partial charge in [0.25, 0.3) is 0 Å². The maximum Gasteiger partial charge on any atom is 0.246 e. The Morgan fingerprint density at radius 2 is 2.00 bits per heavy atom. The van der Waals surface area contributed by atoms with Crippen molar-refractivity contribution < 1.29 is 14.3 Å². The second-order valence-electron chi connectivity index (χ2n) is 6.27. The average Bonchev–Trinajstić information content (AvgIpc) is 2.85. The molecule has 4 atom stereocenters. The van der Waals surface area contributed by atoms with Crippen LogP contribution in [0.4, 0.5) is 0 Å². The lowest BCUT2D eigenvalue weighted by Crippen LogP contribution is -2.56. The SMILES string of the molecule is CC1CN(C(=O)C2CSC3(C)CCC(=O)N23)CC(C)O1. The number of hydrogen-bond donors (Lipinski definition) is 0. The van der Waals surface area contributed by atoms with Crippen molar-refractivity contribution in [2.45, 2.75) is 56.7 Å². The van der Waals surface area contributed by atoms with Crippen LogP contribution in [0, 0.1) is 0 Å². The molecule has 0 aromatic heterocycles. The van der Waals surface area contributed by atoms with Crippen LogP contribution in [0.15, 0.2) is 0 Å². The Hall–Kier alpha value is -0.750. The van der Waals surface area contributed by atoms with Gasteiger partial charge in [0.2, 0.25) is 11.8 Å². The van der Waals surface area contributed by atoms with Crippen LogP contribution in [-0.4, -0.2) is 63.6 Å². The minimum absolute atomic E-state index is 0.0671. The molecule has 3 fully saturated rings. The highest BCUT2D eigenvalue weighted by Crippen LogP contribution is 2.47. The third-order valence-corrected chi connectivity index (χ3v) is 5.97. The molecule has 0 aliphatic carbocycles. The van der Waals surface area contributed by atoms with Gasteiger partial charge in [-0.2, -0.15) is 0 Å². The van der Waals surface area contributed by atoms with Gasteiger partial charge in [0.15, 0.2) is 0 Å². The smallest absolute Gasteiger partial charge is 0.246 e. The number of nitrogens with zero attached hydrogens (tertiary/aromatic N) is 2. The van der Waals surface area contributed by atoms with E-state index >= 15 is 0 Å². The van der Waals surface area contributed by atoms with Crippen LogP contribution in [0.2, 0.25) is 0 Å². The summed E-state index contributed by atoms with van der Waals surface area (Å²) in [6.07, 6.45) is 1.56. The standard InChI is InChI=1S/C14H22N2O3S/c1-9-6-15(7-10(2)19-9)13(18)11-8-20-14(3)5-4-12(17)16(11)14/h9-11H,4-8H2,1-3H3. The highest BCUT2D eigenvalue weighted by atomic mass is 32.2. The first kappa shape index (κ1) is 14.2. The van der Waals surface area contributed by atoms with Crippen molar-refractivity contribution in [1.82, 2.24) is 9.80 Å². The molecule has 20 heavy (non-hydrogen) atoms. The van der Waals surface area contributed by atoms with Crippen LogP contribution in [0.25, 0.3) is 0 Å². The summed E-state index contributed by atoms with van der Waals surface area (Å²) >= 11 is 1.75. The molecule has 0 saturated carbocycles. The van der Waals surface area contributed by atoms with Crippen molar-refractivity contribution >= 4 is 23.6 Å². The third-order valence-electron chi connectivity index (χ3n) is 4.46. The summed E-state index contributed by atoms with van der Waals surface area (Å²) in [5, 5.41) is 0. The fourth-order valence-corrected chi connectivity index (χ4v) is 5.00. The number of amides is 2. The number of fused-ring (bicyclic) bond motifs is 1. The van der Waals surface area contributed by atoms with Crippen LogP contribution >= 0.6 is 11.8 Å². The normalized spacial score (nSPS) is 41.1. The van der Waals surface area contributed by atoms with Crippen molar-refractivity contribution in [2.75, 3.05) is 18.8 Å². The Bertz CT molecular complexity index is 434. The van der Waals surface area contributed by atoms with Crippen LogP contribution in [0.1, 0.15) is 33.6 Å². The van der Waals surface area contributed by atoms with Gasteiger partial charge < -0.3 is 14.5 Å². The van der Waals surface area contributed by atoms with Gasteiger partial charge in [-0.25, -0.2) is 0 Å². The van der Waals surface area contributed by atoms with Crippen LogP contribution < -0.4 is 0 Å². The minimum Gasteiger partial charge on any atom is -0.372 e. The van der Waals surface area contributed by atoms with E-state index in [1.807, 2.05) is 23.6 Å². The summed E-state index contributed by atoms with van der Waals surface area (Å²) < 4.78 is 5.68. The molecule has 5 nitrogen and oxygen atoms in total. The number of morpholine rings is 1. The molecule has 4 unspecified atom stereocenters. The zero-order chi connectivity index (χ0) is 14.5. The molecule has 0 spiro atoms. The summed E-state index contributed by atoms with van der Waals surface area (Å²) in [5.41, 5.74) is 0. The number of hydrogen-bond acceptors (Lipinski definition) is 4. The average molecular weight is 298 g/mol. The van der Waals surface area contributed by atoms with E-state index in [9.17, 15) is 9.59 Å². The van der Waals surface area contributed by atoms with Crippen molar-refractivity contribution in [3.8, 4) is 0 Å². The minimum atomic E-state index is -0.280. The molecule has 3 aliphatic rings. The molecule has 3 heterocycles. The number of ether oxygens (including phenoxy) is 1. The topological polar surface area (TPSA) is 49.9 Å². The molecular weight excluding hydrogens is 276 g/mol. The lowest BCUT2D eigenvalue weighted by atomic mass is 10.1. The van der Waals surface area contributed by atoms with Gasteiger partial charge in [-0.15, -0.1) is 11.8 Å². The predicted molar refractivity (Wildman–Crippen MR) is 77.3 cm³/mol. The molecule has 3 aliphatic heterocycles. The molecule has 0 radical (unpaired) electrons. The summed E-state index contributed by atoms with van der Waals surface area (Å²) in [5.74, 6) is 0.949. The summed E-state index contributed by atoms with van der Waals surface area (Å²) in [4.78, 5) is 28.4. The predicted octanol–water partition coefficient (Wildman–Crippen LogP) is 1.08. The van der Waals surface area contributed by atoms with E-state index in [1.165, 1.54) is 0 Å². The molecule has 0 bridgehead atoms. The quantitative estimate of drug-likeness (QED) is 0.727. The Kier molecular flexibility index (Phi) is 3.49. The monoisotopic (exact) mass is 298 g/mol. The maximum absolute atomic E-state index is 12.8. The van der Waals surface area contributed by atoms with Gasteiger partial charge in [-0.3, -0.25) is 9.59 Å². The number of carbonyl (C=O) groups excluding carboxylic acids is 2.